The zero-order valence-electron chi connectivity index (χ0n) is 21.8. The highest BCUT2D eigenvalue weighted by molar-refractivity contribution is 6.61. The van der Waals surface area contributed by atoms with Crippen molar-refractivity contribution in [2.45, 2.75) is 65.0 Å². The Morgan fingerprint density at radius 3 is 2.33 bits per heavy atom. The number of imidazole rings is 1. The Morgan fingerprint density at radius 2 is 1.83 bits per heavy atom. The quantitative estimate of drug-likeness (QED) is 0.725. The molecule has 0 aliphatic carbocycles. The van der Waals surface area contributed by atoms with Crippen LogP contribution in [0.25, 0.3) is 0 Å². The second-order valence-electron chi connectivity index (χ2n) is 5.34. The Labute approximate surface area is 125 Å². The summed E-state index contributed by atoms with van der Waals surface area (Å²) in [5, 5.41) is 0. The van der Waals surface area contributed by atoms with Gasteiger partial charge in [-0.3, -0.25) is 0 Å². The number of hydrogen-bond acceptors (Lipinski definition) is 3. The maximum Gasteiger partial charge on any atom is 0.516 e. The third-order valence-electron chi connectivity index (χ3n) is 3.31. The van der Waals surface area contributed by atoms with Crippen LogP contribution in [-0.4, -0.2) is 27.9 Å². The van der Waals surface area contributed by atoms with E-state index in [1.807, 2.05) is 0 Å². The van der Waals surface area contributed by atoms with Crippen LogP contribution in [0.4, 0.5) is 0 Å². The molecule has 0 aromatic carbocycles. The maximum absolute atomic E-state index is 8.36. The van der Waals surface area contributed by atoms with E-state index in [1.165, 1.54) is 0 Å². The molecule has 1 fully saturated rings. The third kappa shape index (κ3) is 2.21. The minimum Gasteiger partial charge on any atom is -0.398 e. The number of aromatic nitrogens is 2. The van der Waals surface area contributed by atoms with Crippen LogP contribution in [-0.2, 0) is 14.8 Å². The fraction of sp³-hybridized carbons (Fsp3) is 0.769. The van der Waals surface area contributed by atoms with Crippen LogP contribution in [0, 0.1) is 0 Å². The normalized spacial score (nSPS) is 33.6. The van der Waals surface area contributed by atoms with Gasteiger partial charge in [0.05, 0.1) is 24.5 Å². The van der Waals surface area contributed by atoms with Crippen molar-refractivity contribution >= 4 is 12.7 Å². The summed E-state index contributed by atoms with van der Waals surface area (Å²) in [7, 11) is -1.31. The zero-order valence-corrected chi connectivity index (χ0v) is 10.8. The van der Waals surface area contributed by atoms with Crippen molar-refractivity contribution in [3.63, 3.8) is 0 Å². The molecule has 1 saturated heterocycles. The molecule has 0 saturated carbocycles. The van der Waals surface area contributed by atoms with Crippen molar-refractivity contribution in [1.82, 2.24) is 9.55 Å². The fourth-order valence-corrected chi connectivity index (χ4v) is 1.49. The number of nitrogens with zero attached hydrogens (tertiary/aromatic N) is 2. The van der Waals surface area contributed by atoms with Gasteiger partial charge in [0, 0.05) is 24.0 Å². The van der Waals surface area contributed by atoms with Crippen LogP contribution >= 0.6 is 0 Å². The van der Waals surface area contributed by atoms with Gasteiger partial charge in [0.25, 0.3) is 0 Å². The van der Waals surface area contributed by atoms with Gasteiger partial charge in [0.15, 0.2) is 0 Å². The highest BCUT2D eigenvalue weighted by Gasteiger charge is 2.52. The molecule has 0 unspecified atom stereocenters. The first kappa shape index (κ1) is 5.29. The lowest BCUT2D eigenvalue weighted by atomic mass is 9.85. The molecule has 1 aromatic heterocycles. The molecule has 0 spiro atoms. The summed E-state index contributed by atoms with van der Waals surface area (Å²) in [4.78, 5) is 3.77. The predicted molar refractivity (Wildman–Crippen MR) is 72.9 cm³/mol. The van der Waals surface area contributed by atoms with Gasteiger partial charge in [-0.1, -0.05) is 0 Å². The summed E-state index contributed by atoms with van der Waals surface area (Å²) in [6.07, 6.45) is -1.88. The van der Waals surface area contributed by atoms with Gasteiger partial charge < -0.3 is 13.9 Å². The van der Waals surface area contributed by atoms with Crippen LogP contribution in [0.5, 0.6) is 0 Å². The lowest BCUT2D eigenvalue weighted by Gasteiger charge is -2.32. The first-order valence-corrected chi connectivity index (χ1v) is 5.54. The monoisotopic (exact) mass is 261 g/mol. The maximum atomic E-state index is 8.36. The molecule has 0 bridgehead atoms. The van der Waals surface area contributed by atoms with E-state index in [4.69, 9.17) is 24.4 Å². The van der Waals surface area contributed by atoms with Crippen molar-refractivity contribution in [3.8, 4) is 0 Å². The summed E-state index contributed by atoms with van der Waals surface area (Å²) in [6.45, 7) is -4.01. The molecule has 0 amide bonds. The summed E-state index contributed by atoms with van der Waals surface area (Å²) in [5.74, 6) is 0. The molecule has 0 atom stereocenters. The zero-order chi connectivity index (χ0) is 23.0. The number of rotatable bonds is 1. The SMILES string of the molecule is [2H]c1nc(B2OC(C)(C)C(C)(C)O2)c([2H])n1C(C([2H])([2H])[2H])(C([2H])([2H])[2H])C([2H])([2H])[2H]. The van der Waals surface area contributed by atoms with Crippen LogP contribution in [0.2, 0.25) is 0 Å². The molecule has 0 N–H and O–H groups in total. The molecule has 1 aromatic rings. The highest BCUT2D eigenvalue weighted by atomic mass is 16.7. The van der Waals surface area contributed by atoms with E-state index in [2.05, 4.69) is 4.98 Å². The molecule has 5 heteroatoms. The van der Waals surface area contributed by atoms with Crippen molar-refractivity contribution in [2.24, 2.45) is 0 Å². The van der Waals surface area contributed by atoms with Crippen LogP contribution < -0.4 is 5.59 Å². The van der Waals surface area contributed by atoms with Crippen LogP contribution in [0.1, 0.15) is 63.3 Å². The molecule has 2 heterocycles. The summed E-state index contributed by atoms with van der Waals surface area (Å²) in [6, 6.07) is 0. The van der Waals surface area contributed by atoms with Crippen LogP contribution in [0.15, 0.2) is 12.5 Å². The second kappa shape index (κ2) is 3.84. The largest absolute Gasteiger partial charge is 0.516 e. The first-order valence-electron chi connectivity index (χ1n) is 11.0. The van der Waals surface area contributed by atoms with E-state index in [9.17, 15) is 0 Å². The van der Waals surface area contributed by atoms with Gasteiger partial charge >= 0.3 is 7.12 Å². The topological polar surface area (TPSA) is 36.3 Å². The van der Waals surface area contributed by atoms with E-state index in [-0.39, 0.29) is 10.2 Å². The molecule has 2 rings (SSSR count). The van der Waals surface area contributed by atoms with Gasteiger partial charge in [0.2, 0.25) is 0 Å². The molecular weight excluding hydrogens is 227 g/mol. The first-order chi connectivity index (χ1) is 12.6. The Kier molecular flexibility index (Phi) is 1.13. The van der Waals surface area contributed by atoms with E-state index in [1.54, 1.807) is 27.7 Å². The average Bonchev–Trinajstić information content (AvgIpc) is 2.81. The minimum atomic E-state index is -3.62. The van der Waals surface area contributed by atoms with E-state index in [0.29, 0.717) is 0 Å². The van der Waals surface area contributed by atoms with Gasteiger partial charge in [-0.25, -0.2) is 4.98 Å². The Bertz CT molecular complexity index is 742. The van der Waals surface area contributed by atoms with Crippen molar-refractivity contribution < 1.29 is 24.4 Å². The Morgan fingerprint density at radius 1 is 1.28 bits per heavy atom. The summed E-state index contributed by atoms with van der Waals surface area (Å²) >= 11 is 0. The van der Waals surface area contributed by atoms with E-state index < -0.39 is 56.9 Å². The third-order valence-corrected chi connectivity index (χ3v) is 3.31. The molecule has 100 valence electrons. The molecule has 18 heavy (non-hydrogen) atoms. The highest BCUT2D eigenvalue weighted by Crippen LogP contribution is 2.36. The standard InChI is InChI=1S/C13H23BN2O2/c1-11(2,3)16-8-10(15-9-16)14-17-12(4,5)13(6,7)18-14/h8-9H,1-7H3/i1D3,2D3,3D3,8D,9D. The van der Waals surface area contributed by atoms with Crippen molar-refractivity contribution in [2.75, 3.05) is 0 Å². The van der Waals surface area contributed by atoms with E-state index in [0.717, 1.165) is 0 Å². The number of hydrogen-bond donors (Lipinski definition) is 0. The van der Waals surface area contributed by atoms with Crippen LogP contribution in [0.3, 0.4) is 0 Å². The minimum absolute atomic E-state index is 0.139. The lowest BCUT2D eigenvalue weighted by molar-refractivity contribution is 0.00578. The van der Waals surface area contributed by atoms with Gasteiger partial charge in [-0.05, 0) is 48.3 Å². The second-order valence-corrected chi connectivity index (χ2v) is 5.34. The molecular formula is C13H23BN2O2. The van der Waals surface area contributed by atoms with Crippen molar-refractivity contribution in [3.05, 3.63) is 12.5 Å². The predicted octanol–water partition coefficient (Wildman–Crippen LogP) is 1.94. The van der Waals surface area contributed by atoms with Gasteiger partial charge in [0.1, 0.15) is 1.37 Å². The average molecular weight is 261 g/mol. The fourth-order valence-electron chi connectivity index (χ4n) is 1.49. The van der Waals surface area contributed by atoms with Gasteiger partial charge in [-0.2, -0.15) is 0 Å². The van der Waals surface area contributed by atoms with Gasteiger partial charge in [-0.15, -0.1) is 0 Å². The van der Waals surface area contributed by atoms with E-state index >= 15 is 0 Å². The Balaban J connectivity index is 2.81. The molecule has 1 aliphatic rings. The summed E-state index contributed by atoms with van der Waals surface area (Å²) in [5.41, 5.74) is -5.64. The smallest absolute Gasteiger partial charge is 0.398 e. The lowest BCUT2D eigenvalue weighted by Crippen LogP contribution is -2.41. The molecule has 0 radical (unpaired) electrons. The molecule has 4 nitrogen and oxygen atoms in total. The van der Waals surface area contributed by atoms with Crippen molar-refractivity contribution in [1.29, 1.82) is 0 Å². The summed E-state index contributed by atoms with van der Waals surface area (Å²) < 4.78 is 97.9. The Hall–Kier alpha value is -0.805. The molecule has 1 aliphatic heterocycles.